The van der Waals surface area contributed by atoms with E-state index in [-0.39, 0.29) is 12.5 Å². The molecule has 0 aliphatic heterocycles. The van der Waals surface area contributed by atoms with Crippen molar-refractivity contribution in [3.63, 3.8) is 0 Å². The molecule has 124 valence electrons. The Morgan fingerprint density at radius 2 is 2.05 bits per heavy atom. The van der Waals surface area contributed by atoms with E-state index in [0.717, 1.165) is 25.3 Å². The SMILES string of the molecule is CCCCCCNC(=NCC(=O)NCc1ccco1)NCC. The van der Waals surface area contributed by atoms with E-state index in [1.165, 1.54) is 19.3 Å². The summed E-state index contributed by atoms with van der Waals surface area (Å²) in [7, 11) is 0. The Kier molecular flexibility index (Phi) is 9.57. The van der Waals surface area contributed by atoms with Gasteiger partial charge in [0, 0.05) is 13.1 Å². The van der Waals surface area contributed by atoms with Gasteiger partial charge in [0.1, 0.15) is 12.3 Å². The van der Waals surface area contributed by atoms with Gasteiger partial charge < -0.3 is 20.4 Å². The molecular formula is C16H28N4O2. The zero-order valence-corrected chi connectivity index (χ0v) is 13.7. The van der Waals surface area contributed by atoms with E-state index in [0.29, 0.717) is 12.5 Å². The molecule has 3 N–H and O–H groups in total. The molecule has 0 saturated heterocycles. The summed E-state index contributed by atoms with van der Waals surface area (Å²) in [6, 6.07) is 3.62. The highest BCUT2D eigenvalue weighted by molar-refractivity contribution is 5.84. The Labute approximate surface area is 132 Å². The van der Waals surface area contributed by atoms with Crippen LogP contribution >= 0.6 is 0 Å². The summed E-state index contributed by atoms with van der Waals surface area (Å²) < 4.78 is 5.16. The normalized spacial score (nSPS) is 11.3. The van der Waals surface area contributed by atoms with E-state index < -0.39 is 0 Å². The predicted octanol–water partition coefficient (Wildman–Crippen LogP) is 2.03. The lowest BCUT2D eigenvalue weighted by molar-refractivity contribution is -0.119. The van der Waals surface area contributed by atoms with Gasteiger partial charge in [0.15, 0.2) is 5.96 Å². The first-order valence-electron chi connectivity index (χ1n) is 8.07. The van der Waals surface area contributed by atoms with Crippen molar-refractivity contribution in [3.05, 3.63) is 24.2 Å². The number of carbonyl (C=O) groups is 1. The van der Waals surface area contributed by atoms with E-state index in [9.17, 15) is 4.79 Å². The minimum atomic E-state index is -0.125. The highest BCUT2D eigenvalue weighted by atomic mass is 16.3. The highest BCUT2D eigenvalue weighted by Gasteiger charge is 2.03. The van der Waals surface area contributed by atoms with Gasteiger partial charge in [-0.2, -0.15) is 0 Å². The van der Waals surface area contributed by atoms with Crippen LogP contribution in [0.5, 0.6) is 0 Å². The molecule has 1 amide bonds. The lowest BCUT2D eigenvalue weighted by Gasteiger charge is -2.11. The second kappa shape index (κ2) is 11.7. The molecule has 6 heteroatoms. The zero-order valence-electron chi connectivity index (χ0n) is 13.7. The van der Waals surface area contributed by atoms with Crippen LogP contribution in [-0.2, 0) is 11.3 Å². The van der Waals surface area contributed by atoms with Gasteiger partial charge in [-0.15, -0.1) is 0 Å². The van der Waals surface area contributed by atoms with E-state index in [2.05, 4.69) is 27.9 Å². The lowest BCUT2D eigenvalue weighted by Crippen LogP contribution is -2.38. The molecule has 0 aliphatic rings. The molecule has 0 aliphatic carbocycles. The molecule has 1 aromatic heterocycles. The van der Waals surface area contributed by atoms with Crippen molar-refractivity contribution in [1.29, 1.82) is 0 Å². The second-order valence-corrected chi connectivity index (χ2v) is 5.04. The zero-order chi connectivity index (χ0) is 16.0. The van der Waals surface area contributed by atoms with Crippen LogP contribution in [0.1, 0.15) is 45.3 Å². The largest absolute Gasteiger partial charge is 0.467 e. The predicted molar refractivity (Wildman–Crippen MR) is 88.7 cm³/mol. The van der Waals surface area contributed by atoms with Crippen molar-refractivity contribution in [2.45, 2.75) is 46.1 Å². The van der Waals surface area contributed by atoms with E-state index in [1.54, 1.807) is 12.3 Å². The number of carbonyl (C=O) groups excluding carboxylic acids is 1. The molecule has 0 fully saturated rings. The van der Waals surface area contributed by atoms with Crippen LogP contribution in [0.4, 0.5) is 0 Å². The van der Waals surface area contributed by atoms with Crippen LogP contribution in [0.2, 0.25) is 0 Å². The molecule has 0 spiro atoms. The fourth-order valence-corrected chi connectivity index (χ4v) is 1.91. The summed E-state index contributed by atoms with van der Waals surface area (Å²) in [5, 5.41) is 9.16. The van der Waals surface area contributed by atoms with Crippen LogP contribution in [0.25, 0.3) is 0 Å². The molecule has 0 saturated carbocycles. The number of hydrogen-bond donors (Lipinski definition) is 3. The minimum absolute atomic E-state index is 0.102. The molecule has 6 nitrogen and oxygen atoms in total. The van der Waals surface area contributed by atoms with Gasteiger partial charge in [-0.3, -0.25) is 4.79 Å². The molecule has 22 heavy (non-hydrogen) atoms. The number of amides is 1. The Bertz CT molecular complexity index is 429. The van der Waals surface area contributed by atoms with Gasteiger partial charge in [-0.05, 0) is 25.5 Å². The monoisotopic (exact) mass is 308 g/mol. The number of rotatable bonds is 10. The highest BCUT2D eigenvalue weighted by Crippen LogP contribution is 1.98. The molecule has 0 radical (unpaired) electrons. The van der Waals surface area contributed by atoms with Gasteiger partial charge in [0.05, 0.1) is 12.8 Å². The van der Waals surface area contributed by atoms with Crippen molar-refractivity contribution < 1.29 is 9.21 Å². The average Bonchev–Trinajstić information content (AvgIpc) is 3.03. The van der Waals surface area contributed by atoms with Crippen molar-refractivity contribution in [2.24, 2.45) is 4.99 Å². The third-order valence-electron chi connectivity index (χ3n) is 3.09. The van der Waals surface area contributed by atoms with Crippen LogP contribution in [0, 0.1) is 0 Å². The Hall–Kier alpha value is -1.98. The summed E-state index contributed by atoms with van der Waals surface area (Å²) in [5.41, 5.74) is 0. The molecule has 0 aromatic carbocycles. The van der Waals surface area contributed by atoms with Crippen molar-refractivity contribution in [2.75, 3.05) is 19.6 Å². The summed E-state index contributed by atoms with van der Waals surface area (Å²) in [6.45, 7) is 6.34. The molecule has 1 heterocycles. The Balaban J connectivity index is 2.26. The standard InChI is InChI=1S/C16H28N4O2/c1-3-5-6-7-10-18-16(17-4-2)20-13-15(21)19-12-14-9-8-11-22-14/h8-9,11H,3-7,10,12-13H2,1-2H3,(H,19,21)(H2,17,18,20). The number of unbranched alkanes of at least 4 members (excludes halogenated alkanes) is 3. The Morgan fingerprint density at radius 1 is 1.18 bits per heavy atom. The number of nitrogens with zero attached hydrogens (tertiary/aromatic N) is 1. The molecular weight excluding hydrogens is 280 g/mol. The van der Waals surface area contributed by atoms with Crippen LogP contribution in [0.3, 0.4) is 0 Å². The van der Waals surface area contributed by atoms with Crippen LogP contribution in [-0.4, -0.2) is 31.5 Å². The van der Waals surface area contributed by atoms with Crippen molar-refractivity contribution in [1.82, 2.24) is 16.0 Å². The molecule has 0 atom stereocenters. The second-order valence-electron chi connectivity index (χ2n) is 5.04. The minimum Gasteiger partial charge on any atom is -0.467 e. The van der Waals surface area contributed by atoms with Crippen molar-refractivity contribution >= 4 is 11.9 Å². The molecule has 0 bridgehead atoms. The maximum absolute atomic E-state index is 11.7. The average molecular weight is 308 g/mol. The van der Waals surface area contributed by atoms with Gasteiger partial charge in [-0.25, -0.2) is 4.99 Å². The lowest BCUT2D eigenvalue weighted by atomic mass is 10.2. The first-order valence-corrected chi connectivity index (χ1v) is 8.07. The molecule has 1 aromatic rings. The first kappa shape index (κ1) is 18.1. The molecule has 1 rings (SSSR count). The quantitative estimate of drug-likeness (QED) is 0.351. The number of nitrogens with one attached hydrogen (secondary N) is 3. The summed E-state index contributed by atoms with van der Waals surface area (Å²) in [5.74, 6) is 1.30. The summed E-state index contributed by atoms with van der Waals surface area (Å²) in [4.78, 5) is 16.0. The number of aliphatic imine (C=N–C) groups is 1. The third-order valence-corrected chi connectivity index (χ3v) is 3.09. The number of guanidine groups is 1. The van der Waals surface area contributed by atoms with Gasteiger partial charge in [-0.1, -0.05) is 26.2 Å². The number of hydrogen-bond acceptors (Lipinski definition) is 3. The van der Waals surface area contributed by atoms with Gasteiger partial charge in [0.2, 0.25) is 5.91 Å². The fourth-order valence-electron chi connectivity index (χ4n) is 1.91. The fraction of sp³-hybridized carbons (Fsp3) is 0.625. The smallest absolute Gasteiger partial charge is 0.242 e. The van der Waals surface area contributed by atoms with Gasteiger partial charge in [0.25, 0.3) is 0 Å². The van der Waals surface area contributed by atoms with E-state index >= 15 is 0 Å². The summed E-state index contributed by atoms with van der Waals surface area (Å²) in [6.07, 6.45) is 6.40. The maximum atomic E-state index is 11.7. The van der Waals surface area contributed by atoms with Gasteiger partial charge >= 0.3 is 0 Å². The van der Waals surface area contributed by atoms with Crippen LogP contribution in [0.15, 0.2) is 27.8 Å². The molecule has 0 unspecified atom stereocenters. The topological polar surface area (TPSA) is 78.7 Å². The van der Waals surface area contributed by atoms with E-state index in [1.807, 2.05) is 13.0 Å². The number of furan rings is 1. The Morgan fingerprint density at radius 3 is 2.73 bits per heavy atom. The summed E-state index contributed by atoms with van der Waals surface area (Å²) >= 11 is 0. The van der Waals surface area contributed by atoms with Crippen LogP contribution < -0.4 is 16.0 Å². The van der Waals surface area contributed by atoms with Crippen molar-refractivity contribution in [3.8, 4) is 0 Å². The third kappa shape index (κ3) is 8.34. The van der Waals surface area contributed by atoms with E-state index in [4.69, 9.17) is 4.42 Å². The maximum Gasteiger partial charge on any atom is 0.242 e. The first-order chi connectivity index (χ1) is 10.8.